The van der Waals surface area contributed by atoms with Crippen molar-refractivity contribution in [3.8, 4) is 0 Å². The van der Waals surface area contributed by atoms with Crippen molar-refractivity contribution in [1.82, 2.24) is 14.6 Å². The fourth-order valence-corrected chi connectivity index (χ4v) is 5.83. The first-order valence-electron chi connectivity index (χ1n) is 11.1. The average Bonchev–Trinajstić information content (AvgIpc) is 2.84. The van der Waals surface area contributed by atoms with Crippen molar-refractivity contribution < 1.29 is 13.2 Å². The highest BCUT2D eigenvalue weighted by Crippen LogP contribution is 2.24. The molecule has 7 nitrogen and oxygen atoms in total. The third-order valence-corrected chi connectivity index (χ3v) is 7.97. The number of piperidine rings is 2. The molecule has 1 unspecified atom stereocenters. The lowest BCUT2D eigenvalue weighted by molar-refractivity contribution is -0.126. The van der Waals surface area contributed by atoms with Gasteiger partial charge in [0.1, 0.15) is 5.82 Å². The van der Waals surface area contributed by atoms with E-state index in [4.69, 9.17) is 0 Å². The Kier molecular flexibility index (Phi) is 6.87. The average molecular weight is 443 g/mol. The predicted molar refractivity (Wildman–Crippen MR) is 120 cm³/mol. The maximum absolute atomic E-state index is 12.9. The van der Waals surface area contributed by atoms with Crippen LogP contribution in [0.2, 0.25) is 0 Å². The van der Waals surface area contributed by atoms with E-state index in [1.807, 2.05) is 18.3 Å². The number of hydrogen-bond donors (Lipinski definition) is 1. The number of carbonyl (C=O) groups excluding carboxylic acids is 1. The van der Waals surface area contributed by atoms with E-state index in [1.165, 1.54) is 23.6 Å². The molecule has 2 aliphatic heterocycles. The van der Waals surface area contributed by atoms with Crippen LogP contribution in [0.15, 0.2) is 53.6 Å². The fraction of sp³-hybridized carbons (Fsp3) is 0.478. The Hall–Kier alpha value is -2.45. The van der Waals surface area contributed by atoms with Crippen LogP contribution in [0.4, 0.5) is 5.82 Å². The van der Waals surface area contributed by atoms with E-state index in [0.717, 1.165) is 24.5 Å². The molecule has 1 amide bonds. The Bertz CT molecular complexity index is 974. The van der Waals surface area contributed by atoms with E-state index in [2.05, 4.69) is 15.2 Å². The zero-order chi connectivity index (χ0) is 21.7. The number of sulfonamides is 1. The molecule has 3 heterocycles. The highest BCUT2D eigenvalue weighted by molar-refractivity contribution is 7.89. The number of amides is 1. The van der Waals surface area contributed by atoms with Gasteiger partial charge in [0.15, 0.2) is 0 Å². The van der Waals surface area contributed by atoms with Crippen molar-refractivity contribution in [3.63, 3.8) is 0 Å². The van der Waals surface area contributed by atoms with Gasteiger partial charge in [-0.3, -0.25) is 4.79 Å². The molecule has 4 rings (SSSR count). The van der Waals surface area contributed by atoms with Crippen molar-refractivity contribution in [3.05, 3.63) is 54.2 Å². The first-order chi connectivity index (χ1) is 15.0. The van der Waals surface area contributed by atoms with Crippen LogP contribution in [0.1, 0.15) is 37.7 Å². The minimum absolute atomic E-state index is 0.104. The van der Waals surface area contributed by atoms with Crippen molar-refractivity contribution in [2.75, 3.05) is 31.1 Å². The van der Waals surface area contributed by atoms with Gasteiger partial charge in [-0.05, 0) is 55.9 Å². The predicted octanol–water partition coefficient (Wildman–Crippen LogP) is 2.79. The first kappa shape index (κ1) is 21.8. The van der Waals surface area contributed by atoms with Gasteiger partial charge in [0, 0.05) is 38.9 Å². The number of pyridine rings is 1. The molecule has 2 aromatic rings. The number of aromatic nitrogens is 1. The van der Waals surface area contributed by atoms with Gasteiger partial charge in [0.2, 0.25) is 15.9 Å². The molecule has 166 valence electrons. The van der Waals surface area contributed by atoms with Gasteiger partial charge >= 0.3 is 0 Å². The number of rotatable bonds is 6. The lowest BCUT2D eigenvalue weighted by atomic mass is 9.99. The van der Waals surface area contributed by atoms with E-state index >= 15 is 0 Å². The lowest BCUT2D eigenvalue weighted by Gasteiger charge is -2.31. The van der Waals surface area contributed by atoms with Gasteiger partial charge in [-0.15, -0.1) is 0 Å². The maximum Gasteiger partial charge on any atom is 0.243 e. The van der Waals surface area contributed by atoms with E-state index in [9.17, 15) is 13.2 Å². The van der Waals surface area contributed by atoms with Crippen LogP contribution in [-0.4, -0.2) is 49.8 Å². The van der Waals surface area contributed by atoms with E-state index < -0.39 is 10.0 Å². The number of nitrogens with zero attached hydrogens (tertiary/aromatic N) is 3. The van der Waals surface area contributed by atoms with Crippen molar-refractivity contribution in [1.29, 1.82) is 0 Å². The number of nitrogens with one attached hydrogen (secondary N) is 1. The summed E-state index contributed by atoms with van der Waals surface area (Å²) in [6.45, 7) is 3.16. The van der Waals surface area contributed by atoms with Gasteiger partial charge in [0.25, 0.3) is 0 Å². The van der Waals surface area contributed by atoms with E-state index in [1.54, 1.807) is 30.3 Å². The third kappa shape index (κ3) is 5.25. The monoisotopic (exact) mass is 442 g/mol. The summed E-state index contributed by atoms with van der Waals surface area (Å²) < 4.78 is 27.2. The molecule has 2 aliphatic rings. The third-order valence-electron chi connectivity index (χ3n) is 6.09. The molecule has 1 N–H and O–H groups in total. The van der Waals surface area contributed by atoms with Crippen LogP contribution in [0.25, 0.3) is 0 Å². The summed E-state index contributed by atoms with van der Waals surface area (Å²) in [5, 5.41) is 2.97. The number of hydrogen-bond acceptors (Lipinski definition) is 5. The van der Waals surface area contributed by atoms with Gasteiger partial charge in [-0.25, -0.2) is 13.4 Å². The minimum Gasteiger partial charge on any atom is -0.357 e. The van der Waals surface area contributed by atoms with Gasteiger partial charge in [-0.2, -0.15) is 4.31 Å². The largest absolute Gasteiger partial charge is 0.357 e. The number of benzene rings is 1. The molecule has 8 heteroatoms. The van der Waals surface area contributed by atoms with Crippen LogP contribution < -0.4 is 10.2 Å². The lowest BCUT2D eigenvalue weighted by Crippen LogP contribution is -2.45. The zero-order valence-electron chi connectivity index (χ0n) is 17.7. The molecular formula is C23H30N4O3S. The Morgan fingerprint density at radius 1 is 1.00 bits per heavy atom. The summed E-state index contributed by atoms with van der Waals surface area (Å²) >= 11 is 0. The molecule has 1 aromatic heterocycles. The van der Waals surface area contributed by atoms with Crippen LogP contribution in [0.3, 0.4) is 0 Å². The summed E-state index contributed by atoms with van der Waals surface area (Å²) in [5.74, 6) is 0.546. The molecule has 0 aliphatic carbocycles. The normalized spacial score (nSPS) is 20.4. The van der Waals surface area contributed by atoms with Crippen LogP contribution in [-0.2, 0) is 21.4 Å². The van der Waals surface area contributed by atoms with Crippen LogP contribution in [0, 0.1) is 5.92 Å². The maximum atomic E-state index is 12.9. The van der Waals surface area contributed by atoms with Crippen molar-refractivity contribution in [2.45, 2.75) is 43.5 Å². The van der Waals surface area contributed by atoms with Crippen molar-refractivity contribution >= 4 is 21.7 Å². The Labute approximate surface area is 184 Å². The first-order valence-corrected chi connectivity index (χ1v) is 12.5. The molecule has 31 heavy (non-hydrogen) atoms. The van der Waals surface area contributed by atoms with Crippen LogP contribution in [0.5, 0.6) is 0 Å². The molecule has 0 radical (unpaired) electrons. The van der Waals surface area contributed by atoms with Gasteiger partial charge < -0.3 is 10.2 Å². The standard InChI is InChI=1S/C23H30N4O3S/c28-23(25-17-19-11-12-22(24-16-19)26-13-5-2-6-14-26)20-8-7-15-27(18-20)31(29,30)21-9-3-1-4-10-21/h1,3-4,9-12,16,20H,2,5-8,13-15,17-18H2,(H,25,28). The smallest absolute Gasteiger partial charge is 0.243 e. The second-order valence-corrected chi connectivity index (χ2v) is 10.2. The quantitative estimate of drug-likeness (QED) is 0.744. The fourth-order valence-electron chi connectivity index (χ4n) is 4.28. The summed E-state index contributed by atoms with van der Waals surface area (Å²) in [4.78, 5) is 19.9. The number of carbonyl (C=O) groups is 1. The Morgan fingerprint density at radius 2 is 1.77 bits per heavy atom. The molecule has 1 aromatic carbocycles. The highest BCUT2D eigenvalue weighted by Gasteiger charge is 2.33. The van der Waals surface area contributed by atoms with E-state index in [-0.39, 0.29) is 23.3 Å². The van der Waals surface area contributed by atoms with Crippen LogP contribution >= 0.6 is 0 Å². The zero-order valence-corrected chi connectivity index (χ0v) is 18.6. The van der Waals surface area contributed by atoms with Gasteiger partial charge in [0.05, 0.1) is 10.8 Å². The second-order valence-electron chi connectivity index (χ2n) is 8.31. The topological polar surface area (TPSA) is 82.6 Å². The minimum atomic E-state index is -3.57. The summed E-state index contributed by atoms with van der Waals surface area (Å²) in [5.41, 5.74) is 0.943. The molecule has 2 saturated heterocycles. The molecule has 0 saturated carbocycles. The summed E-state index contributed by atoms with van der Waals surface area (Å²) in [6, 6.07) is 12.4. The van der Waals surface area contributed by atoms with Gasteiger partial charge in [-0.1, -0.05) is 24.3 Å². The summed E-state index contributed by atoms with van der Waals surface area (Å²) in [7, 11) is -3.57. The van der Waals surface area contributed by atoms with Crippen molar-refractivity contribution in [2.24, 2.45) is 5.92 Å². The SMILES string of the molecule is O=C(NCc1ccc(N2CCCCC2)nc1)C1CCCN(S(=O)(=O)c2ccccc2)C1. The number of anilines is 1. The Balaban J connectivity index is 1.32. The van der Waals surface area contributed by atoms with E-state index in [0.29, 0.717) is 25.9 Å². The molecule has 2 fully saturated rings. The highest BCUT2D eigenvalue weighted by atomic mass is 32.2. The molecule has 1 atom stereocenters. The Morgan fingerprint density at radius 3 is 2.48 bits per heavy atom. The summed E-state index contributed by atoms with van der Waals surface area (Å²) in [6.07, 6.45) is 6.88. The molecule has 0 spiro atoms. The molecule has 0 bridgehead atoms. The second kappa shape index (κ2) is 9.78. The molecular weight excluding hydrogens is 412 g/mol.